The first kappa shape index (κ1) is 20.8. The largest absolute Gasteiger partial charge is 0.497 e. The fourth-order valence-electron chi connectivity index (χ4n) is 2.18. The van der Waals surface area contributed by atoms with E-state index in [0.29, 0.717) is 12.8 Å². The van der Waals surface area contributed by atoms with Crippen molar-refractivity contribution in [3.05, 3.63) is 29.8 Å². The molecule has 6 nitrogen and oxygen atoms in total. The van der Waals surface area contributed by atoms with Crippen LogP contribution in [-0.2, 0) is 16.0 Å². The van der Waals surface area contributed by atoms with Crippen LogP contribution in [0.1, 0.15) is 46.6 Å². The van der Waals surface area contributed by atoms with E-state index in [0.717, 1.165) is 11.3 Å². The predicted molar refractivity (Wildman–Crippen MR) is 97.8 cm³/mol. The molecule has 0 saturated carbocycles. The van der Waals surface area contributed by atoms with Gasteiger partial charge in [-0.25, -0.2) is 4.79 Å². The summed E-state index contributed by atoms with van der Waals surface area (Å²) in [6.45, 7) is 9.41. The van der Waals surface area contributed by atoms with Crippen molar-refractivity contribution in [3.63, 3.8) is 0 Å². The highest BCUT2D eigenvalue weighted by Gasteiger charge is 2.23. The van der Waals surface area contributed by atoms with Crippen molar-refractivity contribution in [1.29, 1.82) is 0 Å². The number of aryl methyl sites for hydroxylation is 1. The van der Waals surface area contributed by atoms with Gasteiger partial charge in [-0.3, -0.25) is 4.79 Å². The van der Waals surface area contributed by atoms with Gasteiger partial charge in [0.15, 0.2) is 0 Å². The number of benzene rings is 1. The van der Waals surface area contributed by atoms with E-state index in [2.05, 4.69) is 10.6 Å². The summed E-state index contributed by atoms with van der Waals surface area (Å²) in [7, 11) is 1.62. The van der Waals surface area contributed by atoms with Crippen LogP contribution in [0.2, 0.25) is 0 Å². The molecule has 2 amide bonds. The normalized spacial score (nSPS) is 11.6. The maximum atomic E-state index is 12.2. The average molecular weight is 350 g/mol. The van der Waals surface area contributed by atoms with E-state index in [4.69, 9.17) is 9.47 Å². The first-order valence-corrected chi connectivity index (χ1v) is 8.41. The third kappa shape index (κ3) is 8.98. The molecule has 0 aliphatic rings. The van der Waals surface area contributed by atoms with E-state index in [1.54, 1.807) is 27.9 Å². The Kier molecular flexibility index (Phi) is 7.27. The number of alkyl carbamates (subject to hydrolysis) is 1. The topological polar surface area (TPSA) is 76.7 Å². The summed E-state index contributed by atoms with van der Waals surface area (Å²) in [5.74, 6) is 0.707. The summed E-state index contributed by atoms with van der Waals surface area (Å²) >= 11 is 0. The molecule has 0 aromatic heterocycles. The minimum atomic E-state index is -0.567. The maximum Gasteiger partial charge on any atom is 0.407 e. The van der Waals surface area contributed by atoms with Gasteiger partial charge in [0.2, 0.25) is 5.91 Å². The van der Waals surface area contributed by atoms with Crippen LogP contribution in [0.5, 0.6) is 5.75 Å². The number of carbonyl (C=O) groups excluding carboxylic acids is 2. The summed E-state index contributed by atoms with van der Waals surface area (Å²) in [5, 5.41) is 5.61. The number of amides is 2. The molecule has 25 heavy (non-hydrogen) atoms. The molecule has 0 saturated heterocycles. The molecule has 0 radical (unpaired) electrons. The monoisotopic (exact) mass is 350 g/mol. The van der Waals surface area contributed by atoms with Crippen molar-refractivity contribution in [2.24, 2.45) is 0 Å². The van der Waals surface area contributed by atoms with Crippen molar-refractivity contribution in [3.8, 4) is 5.75 Å². The second-order valence-corrected chi connectivity index (χ2v) is 7.64. The lowest BCUT2D eigenvalue weighted by Gasteiger charge is -2.28. The second-order valence-electron chi connectivity index (χ2n) is 7.64. The zero-order chi connectivity index (χ0) is 19.1. The molecule has 0 aliphatic heterocycles. The Labute approximate surface area is 150 Å². The summed E-state index contributed by atoms with van der Waals surface area (Å²) in [4.78, 5) is 23.9. The summed E-state index contributed by atoms with van der Waals surface area (Å²) in [6.07, 6.45) is 0.493. The van der Waals surface area contributed by atoms with Crippen LogP contribution < -0.4 is 15.4 Å². The van der Waals surface area contributed by atoms with E-state index in [1.807, 2.05) is 38.1 Å². The SMILES string of the molecule is COc1cccc(CCC(=O)NC(C)(C)CNC(=O)OC(C)(C)C)c1. The third-order valence-corrected chi connectivity index (χ3v) is 3.33. The predicted octanol–water partition coefficient (Wildman–Crippen LogP) is 3.05. The molecule has 1 aromatic rings. The molecule has 0 aliphatic carbocycles. The number of rotatable bonds is 7. The first-order valence-electron chi connectivity index (χ1n) is 8.41. The van der Waals surface area contributed by atoms with Gasteiger partial charge >= 0.3 is 6.09 Å². The van der Waals surface area contributed by atoms with Gasteiger partial charge in [-0.15, -0.1) is 0 Å². The molecule has 0 bridgehead atoms. The molecule has 140 valence electrons. The molecule has 0 unspecified atom stereocenters. The average Bonchev–Trinajstić information content (AvgIpc) is 2.49. The lowest BCUT2D eigenvalue weighted by Crippen LogP contribution is -2.52. The quantitative estimate of drug-likeness (QED) is 0.792. The Morgan fingerprint density at radius 2 is 1.80 bits per heavy atom. The molecular weight excluding hydrogens is 320 g/mol. The standard InChI is InChI=1S/C19H30N2O4/c1-18(2,3)25-17(23)20-13-19(4,5)21-16(22)11-10-14-8-7-9-15(12-14)24-6/h7-9,12H,10-11,13H2,1-6H3,(H,20,23)(H,21,22). The Hall–Kier alpha value is -2.24. The van der Waals surface area contributed by atoms with Gasteiger partial charge in [0.25, 0.3) is 0 Å². The molecule has 2 N–H and O–H groups in total. The summed E-state index contributed by atoms with van der Waals surface area (Å²) < 4.78 is 10.4. The zero-order valence-corrected chi connectivity index (χ0v) is 16.1. The number of hydrogen-bond acceptors (Lipinski definition) is 4. The Morgan fingerprint density at radius 3 is 2.40 bits per heavy atom. The van der Waals surface area contributed by atoms with Crippen LogP contribution >= 0.6 is 0 Å². The van der Waals surface area contributed by atoms with E-state index >= 15 is 0 Å². The minimum absolute atomic E-state index is 0.0705. The number of ether oxygens (including phenoxy) is 2. The van der Waals surface area contributed by atoms with Crippen LogP contribution in [0.15, 0.2) is 24.3 Å². The molecule has 1 aromatic carbocycles. The van der Waals surface area contributed by atoms with Gasteiger partial charge in [0.05, 0.1) is 12.6 Å². The van der Waals surface area contributed by atoms with E-state index in [1.165, 1.54) is 0 Å². The van der Waals surface area contributed by atoms with Crippen molar-refractivity contribution in [1.82, 2.24) is 10.6 Å². The van der Waals surface area contributed by atoms with Gasteiger partial charge in [-0.05, 0) is 58.7 Å². The van der Waals surface area contributed by atoms with Crippen molar-refractivity contribution < 1.29 is 19.1 Å². The van der Waals surface area contributed by atoms with Crippen LogP contribution in [0, 0.1) is 0 Å². The Bertz CT molecular complexity index is 591. The second kappa shape index (κ2) is 8.74. The van der Waals surface area contributed by atoms with Crippen molar-refractivity contribution >= 4 is 12.0 Å². The van der Waals surface area contributed by atoms with Gasteiger partial charge < -0.3 is 20.1 Å². The van der Waals surface area contributed by atoms with Crippen molar-refractivity contribution in [2.45, 2.75) is 58.6 Å². The van der Waals surface area contributed by atoms with Gasteiger partial charge in [-0.1, -0.05) is 12.1 Å². The Balaban J connectivity index is 2.42. The number of carbonyl (C=O) groups is 2. The number of hydrogen-bond donors (Lipinski definition) is 2. The lowest BCUT2D eigenvalue weighted by atomic mass is 10.0. The van der Waals surface area contributed by atoms with Gasteiger partial charge in [0.1, 0.15) is 11.4 Å². The third-order valence-electron chi connectivity index (χ3n) is 3.33. The van der Waals surface area contributed by atoms with E-state index < -0.39 is 17.2 Å². The van der Waals surface area contributed by atoms with Crippen LogP contribution in [0.4, 0.5) is 4.79 Å². The highest BCUT2D eigenvalue weighted by atomic mass is 16.6. The fourth-order valence-corrected chi connectivity index (χ4v) is 2.18. The maximum absolute atomic E-state index is 12.2. The molecule has 0 heterocycles. The Morgan fingerprint density at radius 1 is 1.12 bits per heavy atom. The van der Waals surface area contributed by atoms with Crippen LogP contribution in [0.25, 0.3) is 0 Å². The fraction of sp³-hybridized carbons (Fsp3) is 0.579. The molecular formula is C19H30N2O4. The van der Waals surface area contributed by atoms with Crippen LogP contribution in [-0.4, -0.2) is 36.8 Å². The number of methoxy groups -OCH3 is 1. The summed E-state index contributed by atoms with van der Waals surface area (Å²) in [5.41, 5.74) is -0.0736. The minimum Gasteiger partial charge on any atom is -0.497 e. The van der Waals surface area contributed by atoms with Gasteiger partial charge in [0, 0.05) is 13.0 Å². The van der Waals surface area contributed by atoms with Crippen molar-refractivity contribution in [2.75, 3.05) is 13.7 Å². The van der Waals surface area contributed by atoms with E-state index in [9.17, 15) is 9.59 Å². The highest BCUT2D eigenvalue weighted by molar-refractivity contribution is 5.77. The molecule has 0 atom stereocenters. The first-order chi connectivity index (χ1) is 11.5. The molecule has 0 fully saturated rings. The highest BCUT2D eigenvalue weighted by Crippen LogP contribution is 2.14. The van der Waals surface area contributed by atoms with E-state index in [-0.39, 0.29) is 12.5 Å². The lowest BCUT2D eigenvalue weighted by molar-refractivity contribution is -0.122. The zero-order valence-electron chi connectivity index (χ0n) is 16.1. The molecule has 0 spiro atoms. The smallest absolute Gasteiger partial charge is 0.407 e. The molecule has 6 heteroatoms. The molecule has 1 rings (SSSR count). The van der Waals surface area contributed by atoms with Crippen LogP contribution in [0.3, 0.4) is 0 Å². The number of nitrogens with one attached hydrogen (secondary N) is 2. The summed E-state index contributed by atoms with van der Waals surface area (Å²) in [6, 6.07) is 7.66. The van der Waals surface area contributed by atoms with Gasteiger partial charge in [-0.2, -0.15) is 0 Å².